The normalized spacial score (nSPS) is 30.6. The van der Waals surface area contributed by atoms with Crippen LogP contribution in [0.4, 0.5) is 0 Å². The number of imide groups is 1. The highest BCUT2D eigenvalue weighted by Crippen LogP contribution is 2.34. The van der Waals surface area contributed by atoms with Crippen LogP contribution in [0.15, 0.2) is 18.2 Å². The van der Waals surface area contributed by atoms with Crippen molar-refractivity contribution in [2.45, 2.75) is 44.4 Å². The van der Waals surface area contributed by atoms with Crippen LogP contribution in [0.3, 0.4) is 0 Å². The number of nitrogens with zero attached hydrogens (tertiary/aromatic N) is 2. The molecule has 0 radical (unpaired) electrons. The lowest BCUT2D eigenvalue weighted by molar-refractivity contribution is -0.136. The molecule has 3 atom stereocenters. The summed E-state index contributed by atoms with van der Waals surface area (Å²) in [6, 6.07) is 6.00. The molecule has 0 aromatic heterocycles. The van der Waals surface area contributed by atoms with E-state index in [2.05, 4.69) is 21.6 Å². The predicted molar refractivity (Wildman–Crippen MR) is 97.7 cm³/mol. The Balaban J connectivity index is 1.35. The molecule has 0 spiro atoms. The first-order valence-electron chi connectivity index (χ1n) is 9.82. The number of likely N-dealkylation sites (tertiary alicyclic amines) is 1. The molecule has 4 heterocycles. The molecule has 4 aliphatic heterocycles. The molecule has 3 amide bonds. The Morgan fingerprint density at radius 3 is 2.85 bits per heavy atom. The second kappa shape index (κ2) is 6.42. The van der Waals surface area contributed by atoms with E-state index in [1.54, 1.807) is 4.90 Å². The van der Waals surface area contributed by atoms with Crippen LogP contribution in [0.25, 0.3) is 0 Å². The quantitative estimate of drug-likeness (QED) is 0.747. The van der Waals surface area contributed by atoms with Crippen LogP contribution < -0.4 is 10.6 Å². The lowest BCUT2D eigenvalue weighted by Crippen LogP contribution is -2.62. The molecule has 142 valence electrons. The molecular weight excluding hydrogens is 344 g/mol. The van der Waals surface area contributed by atoms with Gasteiger partial charge < -0.3 is 10.2 Å². The number of nitrogens with one attached hydrogen (secondary N) is 2. The van der Waals surface area contributed by atoms with E-state index in [1.165, 1.54) is 12.0 Å². The van der Waals surface area contributed by atoms with Gasteiger partial charge in [-0.15, -0.1) is 0 Å². The minimum Gasteiger partial charge on any atom is -0.322 e. The summed E-state index contributed by atoms with van der Waals surface area (Å²) in [5.74, 6) is 0.0477. The first-order chi connectivity index (χ1) is 13.1. The van der Waals surface area contributed by atoms with E-state index < -0.39 is 6.04 Å². The summed E-state index contributed by atoms with van der Waals surface area (Å²) in [5, 5.41) is 5.82. The monoisotopic (exact) mass is 368 g/mol. The third-order valence-electron chi connectivity index (χ3n) is 6.56. The number of hydrogen-bond acceptors (Lipinski definition) is 5. The Morgan fingerprint density at radius 1 is 1.15 bits per heavy atom. The Labute approximate surface area is 158 Å². The Kier molecular flexibility index (Phi) is 4.02. The van der Waals surface area contributed by atoms with Gasteiger partial charge in [-0.05, 0) is 42.5 Å². The second-order valence-electron chi connectivity index (χ2n) is 8.09. The fourth-order valence-electron chi connectivity index (χ4n) is 5.07. The van der Waals surface area contributed by atoms with Crippen molar-refractivity contribution in [2.75, 3.05) is 19.6 Å². The van der Waals surface area contributed by atoms with Crippen molar-refractivity contribution in [2.24, 2.45) is 5.92 Å². The SMILES string of the molecule is O=C1CCC(N2Cc3c(CN4C[C@@H]5CNCC[C@@H]54)cccc3C2=O)C(=O)N1. The Hall–Kier alpha value is -2.25. The van der Waals surface area contributed by atoms with Gasteiger partial charge in [0.2, 0.25) is 11.8 Å². The minimum absolute atomic E-state index is 0.0929. The van der Waals surface area contributed by atoms with Crippen LogP contribution >= 0.6 is 0 Å². The van der Waals surface area contributed by atoms with E-state index in [0.29, 0.717) is 24.6 Å². The zero-order valence-electron chi connectivity index (χ0n) is 15.2. The zero-order chi connectivity index (χ0) is 18.5. The van der Waals surface area contributed by atoms with Gasteiger partial charge in [0, 0.05) is 44.2 Å². The molecule has 5 rings (SSSR count). The average Bonchev–Trinajstić information content (AvgIpc) is 2.97. The summed E-state index contributed by atoms with van der Waals surface area (Å²) in [4.78, 5) is 40.7. The van der Waals surface area contributed by atoms with Crippen molar-refractivity contribution in [1.82, 2.24) is 20.4 Å². The molecule has 0 bridgehead atoms. The van der Waals surface area contributed by atoms with Gasteiger partial charge in [-0.3, -0.25) is 24.6 Å². The zero-order valence-corrected chi connectivity index (χ0v) is 15.2. The number of rotatable bonds is 3. The molecule has 7 heteroatoms. The van der Waals surface area contributed by atoms with Gasteiger partial charge in [-0.1, -0.05) is 12.1 Å². The van der Waals surface area contributed by atoms with E-state index in [1.807, 2.05) is 12.1 Å². The maximum absolute atomic E-state index is 12.9. The molecule has 4 aliphatic rings. The summed E-state index contributed by atoms with van der Waals surface area (Å²) in [7, 11) is 0. The average molecular weight is 368 g/mol. The third kappa shape index (κ3) is 2.76. The van der Waals surface area contributed by atoms with E-state index in [9.17, 15) is 14.4 Å². The molecule has 0 aliphatic carbocycles. The number of fused-ring (bicyclic) bond motifs is 2. The summed E-state index contributed by atoms with van der Waals surface area (Å²) < 4.78 is 0. The minimum atomic E-state index is -0.548. The maximum Gasteiger partial charge on any atom is 0.255 e. The lowest BCUT2D eigenvalue weighted by Gasteiger charge is -2.51. The van der Waals surface area contributed by atoms with Gasteiger partial charge in [-0.2, -0.15) is 0 Å². The summed E-state index contributed by atoms with van der Waals surface area (Å²) in [6.45, 7) is 4.61. The fraction of sp³-hybridized carbons (Fsp3) is 0.550. The van der Waals surface area contributed by atoms with Crippen molar-refractivity contribution in [3.63, 3.8) is 0 Å². The number of benzene rings is 1. The molecule has 7 nitrogen and oxygen atoms in total. The molecule has 1 unspecified atom stereocenters. The van der Waals surface area contributed by atoms with Gasteiger partial charge in [0.1, 0.15) is 6.04 Å². The van der Waals surface area contributed by atoms with Crippen LogP contribution in [0.5, 0.6) is 0 Å². The van der Waals surface area contributed by atoms with E-state index in [-0.39, 0.29) is 24.1 Å². The maximum atomic E-state index is 12.9. The van der Waals surface area contributed by atoms with Gasteiger partial charge in [-0.25, -0.2) is 0 Å². The smallest absolute Gasteiger partial charge is 0.255 e. The molecule has 3 saturated heterocycles. The number of carbonyl (C=O) groups is 3. The van der Waals surface area contributed by atoms with E-state index in [4.69, 9.17) is 0 Å². The molecular formula is C20H24N4O3. The van der Waals surface area contributed by atoms with Crippen molar-refractivity contribution in [3.05, 3.63) is 34.9 Å². The van der Waals surface area contributed by atoms with Crippen LogP contribution in [-0.2, 0) is 22.7 Å². The van der Waals surface area contributed by atoms with Crippen molar-refractivity contribution in [3.8, 4) is 0 Å². The van der Waals surface area contributed by atoms with Crippen LogP contribution in [0.1, 0.15) is 40.7 Å². The van der Waals surface area contributed by atoms with Gasteiger partial charge in [0.25, 0.3) is 5.91 Å². The number of hydrogen-bond donors (Lipinski definition) is 2. The molecule has 0 saturated carbocycles. The molecule has 3 fully saturated rings. The van der Waals surface area contributed by atoms with E-state index in [0.717, 1.165) is 37.7 Å². The number of amides is 3. The van der Waals surface area contributed by atoms with Gasteiger partial charge in [0.05, 0.1) is 0 Å². The molecule has 2 N–H and O–H groups in total. The second-order valence-corrected chi connectivity index (χ2v) is 8.09. The standard InChI is InChI=1S/C20H24N4O3/c25-18-5-4-17(19(26)22-18)24-11-15-12(2-1-3-14(15)20(24)27)9-23-10-13-8-21-7-6-16(13)23/h1-3,13,16-17,21H,4-11H2,(H,22,25,26)/t13-,16-,17?/m0/s1. The topological polar surface area (TPSA) is 81.8 Å². The first-order valence-corrected chi connectivity index (χ1v) is 9.82. The Morgan fingerprint density at radius 2 is 2.04 bits per heavy atom. The van der Waals surface area contributed by atoms with Crippen LogP contribution in [0, 0.1) is 5.92 Å². The Bertz CT molecular complexity index is 823. The van der Waals surface area contributed by atoms with Gasteiger partial charge in [0.15, 0.2) is 0 Å². The highest BCUT2D eigenvalue weighted by atomic mass is 16.2. The van der Waals surface area contributed by atoms with Crippen molar-refractivity contribution in [1.29, 1.82) is 0 Å². The molecule has 27 heavy (non-hydrogen) atoms. The molecule has 1 aromatic carbocycles. The summed E-state index contributed by atoms with van der Waals surface area (Å²) >= 11 is 0. The largest absolute Gasteiger partial charge is 0.322 e. The van der Waals surface area contributed by atoms with Gasteiger partial charge >= 0.3 is 0 Å². The van der Waals surface area contributed by atoms with Crippen molar-refractivity contribution >= 4 is 17.7 Å². The third-order valence-corrected chi connectivity index (χ3v) is 6.56. The lowest BCUT2D eigenvalue weighted by atomic mass is 9.83. The fourth-order valence-corrected chi connectivity index (χ4v) is 5.07. The van der Waals surface area contributed by atoms with Crippen LogP contribution in [0.2, 0.25) is 0 Å². The summed E-state index contributed by atoms with van der Waals surface area (Å²) in [6.07, 6.45) is 1.87. The highest BCUT2D eigenvalue weighted by molar-refractivity contribution is 6.05. The number of piperidine rings is 2. The summed E-state index contributed by atoms with van der Waals surface area (Å²) in [5.41, 5.74) is 2.94. The molecule has 1 aromatic rings. The van der Waals surface area contributed by atoms with E-state index >= 15 is 0 Å². The predicted octanol–water partition coefficient (Wildman–Crippen LogP) is 0.241. The highest BCUT2D eigenvalue weighted by Gasteiger charge is 2.42. The number of carbonyl (C=O) groups excluding carboxylic acids is 3. The first kappa shape index (κ1) is 16.9. The van der Waals surface area contributed by atoms with Crippen molar-refractivity contribution < 1.29 is 14.4 Å². The van der Waals surface area contributed by atoms with Crippen LogP contribution in [-0.4, -0.2) is 59.2 Å².